The van der Waals surface area contributed by atoms with Crippen LogP contribution < -0.4 is 0 Å². The summed E-state index contributed by atoms with van der Waals surface area (Å²) in [6.07, 6.45) is 1.88. The second kappa shape index (κ2) is 17.6. The van der Waals surface area contributed by atoms with E-state index in [1.807, 2.05) is 60.8 Å². The second-order valence-corrected chi connectivity index (χ2v) is 20.7. The van der Waals surface area contributed by atoms with E-state index < -0.39 is 6.85 Å². The third kappa shape index (κ3) is 8.86. The monoisotopic (exact) mass is 881 g/mol. The quantitative estimate of drug-likeness (QED) is 0.157. The number of rotatable bonds is 9. The molecule has 2 aromatic heterocycles. The van der Waals surface area contributed by atoms with Crippen molar-refractivity contribution in [2.45, 2.75) is 98.8 Å². The van der Waals surface area contributed by atoms with Crippen LogP contribution in [0.2, 0.25) is 0 Å². The highest BCUT2D eigenvalue weighted by atomic mass is 16.3. The van der Waals surface area contributed by atoms with Gasteiger partial charge in [-0.15, -0.1) is 0 Å². The number of hydrogen-bond acceptors (Lipinski definition) is 3. The van der Waals surface area contributed by atoms with Crippen LogP contribution in [-0.4, -0.2) is 19.6 Å². The van der Waals surface area contributed by atoms with Crippen LogP contribution in [0, 0.1) is 6.85 Å². The van der Waals surface area contributed by atoms with Crippen molar-refractivity contribution in [2.75, 3.05) is 0 Å². The van der Waals surface area contributed by atoms with E-state index in [-0.39, 0.29) is 34.0 Å². The van der Waals surface area contributed by atoms with Crippen molar-refractivity contribution in [1.82, 2.24) is 14.5 Å². The minimum Gasteiger partial charge on any atom is -0.507 e. The first-order valence-electron chi connectivity index (χ1n) is 25.1. The smallest absolute Gasteiger partial charge is 0.149 e. The molecule has 336 valence electrons. The molecule has 0 fully saturated rings. The van der Waals surface area contributed by atoms with Gasteiger partial charge < -0.3 is 5.11 Å². The van der Waals surface area contributed by atoms with Crippen molar-refractivity contribution in [2.24, 2.45) is 0 Å². The molecule has 0 aliphatic rings. The maximum atomic E-state index is 12.5. The summed E-state index contributed by atoms with van der Waals surface area (Å²) in [4.78, 5) is 10.6. The van der Waals surface area contributed by atoms with Crippen LogP contribution in [0.1, 0.15) is 113 Å². The zero-order chi connectivity index (χ0) is 49.9. The summed E-state index contributed by atoms with van der Waals surface area (Å²) in [5.41, 5.74) is 16.0. The molecule has 0 spiro atoms. The summed E-state index contributed by atoms with van der Waals surface area (Å²) < 4.78 is 29.4. The average molecular weight is 881 g/mol. The predicted octanol–water partition coefficient (Wildman–Crippen LogP) is 17.3. The lowest BCUT2D eigenvalue weighted by molar-refractivity contribution is 0.466. The number of nitrogens with zero attached hydrogens (tertiary/aromatic N) is 3. The van der Waals surface area contributed by atoms with Gasteiger partial charge in [-0.25, -0.2) is 4.98 Å². The second-order valence-electron chi connectivity index (χ2n) is 20.7. The van der Waals surface area contributed by atoms with Gasteiger partial charge in [0.1, 0.15) is 11.6 Å². The standard InChI is InChI=1S/C63H63N3O/c1-39(2)46-35-52(40(3)4)60(67)55(36-46)61-65-59-51(47-32-48(34-50(33-47)63(9,10)11)56-37-45(29-30-64-56)42-19-14-12-15-20-42)23-18-24-57(59)66(61)58-31-41(5)53(38-54(58)43-21-16-13-17-22-43)44-25-27-49(28-26-44)62(6,7)8/h12-40,67H,1-11H3/i5D3. The van der Waals surface area contributed by atoms with E-state index >= 15 is 0 Å². The third-order valence-corrected chi connectivity index (χ3v) is 13.2. The Morgan fingerprint density at radius 1 is 0.522 bits per heavy atom. The van der Waals surface area contributed by atoms with E-state index in [2.05, 4.69) is 177 Å². The van der Waals surface area contributed by atoms with E-state index in [9.17, 15) is 5.11 Å². The van der Waals surface area contributed by atoms with E-state index in [4.69, 9.17) is 14.1 Å². The molecule has 0 aliphatic carbocycles. The lowest BCUT2D eigenvalue weighted by Gasteiger charge is -2.22. The number of benzene rings is 7. The van der Waals surface area contributed by atoms with Crippen LogP contribution in [0.4, 0.5) is 0 Å². The Labute approximate surface area is 402 Å². The molecule has 4 nitrogen and oxygen atoms in total. The Kier molecular flexibility index (Phi) is 10.9. The zero-order valence-corrected chi connectivity index (χ0v) is 40.5. The van der Waals surface area contributed by atoms with Crippen molar-refractivity contribution in [3.63, 3.8) is 0 Å². The number of aromatic hydroxyl groups is 1. The van der Waals surface area contributed by atoms with Crippen LogP contribution in [0.5, 0.6) is 5.75 Å². The number of fused-ring (bicyclic) bond motifs is 1. The Balaban J connectivity index is 1.38. The third-order valence-electron chi connectivity index (χ3n) is 13.2. The first kappa shape index (κ1) is 41.4. The van der Waals surface area contributed by atoms with Crippen LogP contribution in [0.15, 0.2) is 164 Å². The highest BCUT2D eigenvalue weighted by molar-refractivity contribution is 5.98. The van der Waals surface area contributed by atoms with Crippen molar-refractivity contribution in [3.05, 3.63) is 192 Å². The van der Waals surface area contributed by atoms with Gasteiger partial charge in [0, 0.05) is 27.0 Å². The van der Waals surface area contributed by atoms with Gasteiger partial charge in [0.05, 0.1) is 28.0 Å². The number of hydrogen-bond donors (Lipinski definition) is 1. The molecule has 7 aromatic carbocycles. The summed E-state index contributed by atoms with van der Waals surface area (Å²) >= 11 is 0. The molecule has 9 rings (SSSR count). The minimum absolute atomic E-state index is 0.0180. The molecule has 0 atom stereocenters. The number of phenols is 1. The first-order chi connectivity index (χ1) is 33.2. The fourth-order valence-electron chi connectivity index (χ4n) is 9.15. The molecule has 0 aliphatic heterocycles. The molecular formula is C63H63N3O. The first-order valence-corrected chi connectivity index (χ1v) is 23.6. The number of pyridine rings is 1. The van der Waals surface area contributed by atoms with Crippen LogP contribution in [0.25, 0.3) is 83.9 Å². The molecule has 0 radical (unpaired) electrons. The molecule has 4 heteroatoms. The molecule has 0 amide bonds. The van der Waals surface area contributed by atoms with E-state index in [1.165, 1.54) is 5.56 Å². The van der Waals surface area contributed by atoms with E-state index in [0.29, 0.717) is 22.6 Å². The van der Waals surface area contributed by atoms with Crippen molar-refractivity contribution >= 4 is 11.0 Å². The van der Waals surface area contributed by atoms with Crippen molar-refractivity contribution < 1.29 is 9.22 Å². The Bertz CT molecular complexity index is 3370. The summed E-state index contributed by atoms with van der Waals surface area (Å²) in [6.45, 7) is 19.2. The molecule has 2 heterocycles. The molecule has 0 unspecified atom stereocenters. The van der Waals surface area contributed by atoms with Crippen molar-refractivity contribution in [1.29, 1.82) is 0 Å². The molecule has 9 aromatic rings. The maximum Gasteiger partial charge on any atom is 0.149 e. The van der Waals surface area contributed by atoms with Gasteiger partial charge in [0.2, 0.25) is 0 Å². The highest BCUT2D eigenvalue weighted by Gasteiger charge is 2.27. The number of aryl methyl sites for hydroxylation is 1. The predicted molar refractivity (Wildman–Crippen MR) is 283 cm³/mol. The van der Waals surface area contributed by atoms with Crippen LogP contribution in [0.3, 0.4) is 0 Å². The minimum atomic E-state index is -2.48. The number of para-hydroxylation sites is 1. The van der Waals surface area contributed by atoms with E-state index in [0.717, 1.165) is 77.9 Å². The lowest BCUT2D eigenvalue weighted by atomic mass is 9.83. The zero-order valence-electron chi connectivity index (χ0n) is 43.5. The summed E-state index contributed by atoms with van der Waals surface area (Å²) in [7, 11) is 0. The number of imidazole rings is 1. The van der Waals surface area contributed by atoms with Gasteiger partial charge in [-0.1, -0.05) is 178 Å². The van der Waals surface area contributed by atoms with Gasteiger partial charge in [-0.3, -0.25) is 9.55 Å². The normalized spacial score (nSPS) is 13.0. The fourth-order valence-corrected chi connectivity index (χ4v) is 9.15. The lowest BCUT2D eigenvalue weighted by Crippen LogP contribution is -2.11. The van der Waals surface area contributed by atoms with Gasteiger partial charge in [-0.2, -0.15) is 0 Å². The molecule has 67 heavy (non-hydrogen) atoms. The largest absolute Gasteiger partial charge is 0.507 e. The average Bonchev–Trinajstić information content (AvgIpc) is 3.72. The summed E-state index contributed by atoms with van der Waals surface area (Å²) in [5.74, 6) is 0.852. The summed E-state index contributed by atoms with van der Waals surface area (Å²) in [6, 6.07) is 54.0. The molecule has 1 N–H and O–H groups in total. The molecule has 0 saturated carbocycles. The topological polar surface area (TPSA) is 50.9 Å². The Morgan fingerprint density at radius 3 is 1.82 bits per heavy atom. The van der Waals surface area contributed by atoms with E-state index in [1.54, 1.807) is 0 Å². The molecular weight excluding hydrogens is 815 g/mol. The number of phenolic OH excluding ortho intramolecular Hbond substituents is 1. The van der Waals surface area contributed by atoms with Crippen LogP contribution in [-0.2, 0) is 10.8 Å². The highest BCUT2D eigenvalue weighted by Crippen LogP contribution is 2.45. The molecule has 0 bridgehead atoms. The SMILES string of the molecule is [2H]C([2H])([2H])c1cc(-n2c(-c3cc(C(C)C)cc(C(C)C)c3O)nc3c(-c4cc(-c5cc(-c6ccccc6)ccn5)cc(C(C)(C)C)c4)cccc32)c(-c2ccccc2)cc1-c1ccc(C(C)(C)C)cc1. The van der Waals surface area contributed by atoms with Gasteiger partial charge >= 0.3 is 0 Å². The Hall–Kier alpha value is -7.04. The summed E-state index contributed by atoms with van der Waals surface area (Å²) in [5, 5.41) is 12.5. The Morgan fingerprint density at radius 2 is 1.18 bits per heavy atom. The maximum absolute atomic E-state index is 12.5. The van der Waals surface area contributed by atoms with Crippen molar-refractivity contribution in [3.8, 4) is 78.6 Å². The van der Waals surface area contributed by atoms with Gasteiger partial charge in [-0.05, 0) is 139 Å². The fraction of sp³-hybridized carbons (Fsp3) is 0.238. The van der Waals surface area contributed by atoms with Gasteiger partial charge in [0.15, 0.2) is 0 Å². The van der Waals surface area contributed by atoms with Crippen LogP contribution >= 0.6 is 0 Å². The molecule has 0 saturated heterocycles. The van der Waals surface area contributed by atoms with Gasteiger partial charge in [0.25, 0.3) is 0 Å². The number of aromatic nitrogens is 3.